The Balaban J connectivity index is 1.59. The molecule has 1 aliphatic heterocycles. The van der Waals surface area contributed by atoms with Gasteiger partial charge in [-0.1, -0.05) is 0 Å². The van der Waals surface area contributed by atoms with Crippen LogP contribution in [-0.2, 0) is 9.53 Å². The normalized spacial score (nSPS) is 29.4. The third kappa shape index (κ3) is 4.44. The molecule has 1 saturated carbocycles. The predicted molar refractivity (Wildman–Crippen MR) is 74.9 cm³/mol. The number of nitrogens with one attached hydrogen (secondary N) is 2. The van der Waals surface area contributed by atoms with Crippen molar-refractivity contribution in [2.24, 2.45) is 0 Å². The molecule has 104 valence electrons. The summed E-state index contributed by atoms with van der Waals surface area (Å²) in [5, 5.41) is 7.24. The maximum atomic E-state index is 11.8. The molecule has 4 nitrogen and oxygen atoms in total. The zero-order chi connectivity index (χ0) is 12.8. The molecule has 1 heterocycles. The monoisotopic (exact) mass is 272 g/mol. The molecule has 0 spiro atoms. The Kier molecular flexibility index (Phi) is 5.79. The molecule has 1 aliphatic carbocycles. The van der Waals surface area contributed by atoms with Gasteiger partial charge in [-0.3, -0.25) is 4.79 Å². The largest absolute Gasteiger partial charge is 0.381 e. The summed E-state index contributed by atoms with van der Waals surface area (Å²) in [5.74, 6) is 0.134. The molecule has 0 aromatic carbocycles. The van der Waals surface area contributed by atoms with Gasteiger partial charge >= 0.3 is 0 Å². The number of hydrogen-bond donors (Lipinski definition) is 2. The summed E-state index contributed by atoms with van der Waals surface area (Å²) in [5.41, 5.74) is 0. The molecule has 0 aromatic rings. The van der Waals surface area contributed by atoms with Crippen molar-refractivity contribution in [1.82, 2.24) is 10.6 Å². The van der Waals surface area contributed by atoms with Crippen molar-refractivity contribution in [3.63, 3.8) is 0 Å². The van der Waals surface area contributed by atoms with E-state index in [1.165, 1.54) is 19.3 Å². The molecule has 2 atom stereocenters. The van der Waals surface area contributed by atoms with Crippen LogP contribution in [0.1, 0.15) is 32.1 Å². The van der Waals surface area contributed by atoms with Crippen molar-refractivity contribution in [3.8, 4) is 0 Å². The lowest BCUT2D eigenvalue weighted by molar-refractivity contribution is -0.121. The Morgan fingerprint density at radius 2 is 2.00 bits per heavy atom. The standard InChI is InChI=1S/C13H24N2O2S/c1-18-12-3-2-11(8-12)14-9-13(16)15-10-4-6-17-7-5-10/h10-12,14H,2-9H2,1H3,(H,15,16). The smallest absolute Gasteiger partial charge is 0.234 e. The van der Waals surface area contributed by atoms with E-state index in [1.54, 1.807) is 0 Å². The lowest BCUT2D eigenvalue weighted by Gasteiger charge is -2.23. The molecule has 1 saturated heterocycles. The first-order valence-corrected chi connectivity index (χ1v) is 8.20. The molecule has 1 amide bonds. The first-order chi connectivity index (χ1) is 8.78. The lowest BCUT2D eigenvalue weighted by atomic mass is 10.1. The summed E-state index contributed by atoms with van der Waals surface area (Å²) >= 11 is 1.94. The van der Waals surface area contributed by atoms with Gasteiger partial charge in [0, 0.05) is 30.5 Å². The highest BCUT2D eigenvalue weighted by Crippen LogP contribution is 2.27. The first-order valence-electron chi connectivity index (χ1n) is 6.91. The van der Waals surface area contributed by atoms with Crippen molar-refractivity contribution in [2.45, 2.75) is 49.4 Å². The highest BCUT2D eigenvalue weighted by molar-refractivity contribution is 7.99. The Hall–Kier alpha value is -0.260. The maximum absolute atomic E-state index is 11.8. The van der Waals surface area contributed by atoms with Gasteiger partial charge in [-0.05, 0) is 38.4 Å². The molecule has 0 aromatic heterocycles. The minimum Gasteiger partial charge on any atom is -0.381 e. The van der Waals surface area contributed by atoms with E-state index in [4.69, 9.17) is 4.74 Å². The fraction of sp³-hybridized carbons (Fsp3) is 0.923. The highest BCUT2D eigenvalue weighted by Gasteiger charge is 2.24. The van der Waals surface area contributed by atoms with Crippen molar-refractivity contribution in [1.29, 1.82) is 0 Å². The number of rotatable bonds is 5. The van der Waals surface area contributed by atoms with E-state index in [0.717, 1.165) is 31.3 Å². The average molecular weight is 272 g/mol. The van der Waals surface area contributed by atoms with Crippen LogP contribution in [0.15, 0.2) is 0 Å². The molecular weight excluding hydrogens is 248 g/mol. The topological polar surface area (TPSA) is 50.4 Å². The summed E-state index contributed by atoms with van der Waals surface area (Å²) < 4.78 is 5.28. The quantitative estimate of drug-likeness (QED) is 0.788. The van der Waals surface area contributed by atoms with Gasteiger partial charge in [-0.15, -0.1) is 0 Å². The average Bonchev–Trinajstić information content (AvgIpc) is 2.85. The molecule has 2 rings (SSSR count). The van der Waals surface area contributed by atoms with Gasteiger partial charge in [0.1, 0.15) is 0 Å². The van der Waals surface area contributed by atoms with Crippen molar-refractivity contribution in [3.05, 3.63) is 0 Å². The SMILES string of the molecule is CSC1CCC(NCC(=O)NC2CCOCC2)C1. The Labute approximate surface area is 114 Å². The molecule has 2 aliphatic rings. The van der Waals surface area contributed by atoms with Crippen LogP contribution in [0.3, 0.4) is 0 Å². The number of ether oxygens (including phenoxy) is 1. The van der Waals surface area contributed by atoms with Crippen LogP contribution in [-0.4, -0.2) is 49.3 Å². The van der Waals surface area contributed by atoms with Gasteiger partial charge < -0.3 is 15.4 Å². The van der Waals surface area contributed by atoms with E-state index >= 15 is 0 Å². The predicted octanol–water partition coefficient (Wildman–Crippen LogP) is 1.16. The Morgan fingerprint density at radius 3 is 2.67 bits per heavy atom. The summed E-state index contributed by atoms with van der Waals surface area (Å²) in [6.07, 6.45) is 7.75. The number of hydrogen-bond acceptors (Lipinski definition) is 4. The summed E-state index contributed by atoms with van der Waals surface area (Å²) in [7, 11) is 0. The number of amides is 1. The van der Waals surface area contributed by atoms with Crippen LogP contribution in [0.5, 0.6) is 0 Å². The molecule has 5 heteroatoms. The third-order valence-corrected chi connectivity index (χ3v) is 4.95. The zero-order valence-electron chi connectivity index (χ0n) is 11.1. The van der Waals surface area contributed by atoms with Crippen LogP contribution in [0.4, 0.5) is 0 Å². The second kappa shape index (κ2) is 7.36. The van der Waals surface area contributed by atoms with Crippen molar-refractivity contribution < 1.29 is 9.53 Å². The van der Waals surface area contributed by atoms with Crippen LogP contribution in [0.2, 0.25) is 0 Å². The minimum absolute atomic E-state index is 0.134. The number of carbonyl (C=O) groups is 1. The van der Waals surface area contributed by atoms with Crippen LogP contribution < -0.4 is 10.6 Å². The molecule has 2 N–H and O–H groups in total. The first kappa shape index (κ1) is 14.2. The fourth-order valence-electron chi connectivity index (χ4n) is 2.70. The molecule has 0 radical (unpaired) electrons. The molecular formula is C13H24N2O2S. The third-order valence-electron chi connectivity index (χ3n) is 3.86. The molecule has 0 bridgehead atoms. The van der Waals surface area contributed by atoms with Crippen LogP contribution >= 0.6 is 11.8 Å². The fourth-order valence-corrected chi connectivity index (χ4v) is 3.49. The van der Waals surface area contributed by atoms with Crippen LogP contribution in [0, 0.1) is 0 Å². The Morgan fingerprint density at radius 1 is 1.22 bits per heavy atom. The van der Waals surface area contributed by atoms with E-state index in [0.29, 0.717) is 18.6 Å². The van der Waals surface area contributed by atoms with E-state index in [-0.39, 0.29) is 5.91 Å². The Bertz CT molecular complexity index is 270. The van der Waals surface area contributed by atoms with Crippen molar-refractivity contribution in [2.75, 3.05) is 26.0 Å². The highest BCUT2D eigenvalue weighted by atomic mass is 32.2. The molecule has 18 heavy (non-hydrogen) atoms. The number of carbonyl (C=O) groups excluding carboxylic acids is 1. The molecule has 2 fully saturated rings. The van der Waals surface area contributed by atoms with Crippen molar-refractivity contribution >= 4 is 17.7 Å². The van der Waals surface area contributed by atoms with Crippen LogP contribution in [0.25, 0.3) is 0 Å². The minimum atomic E-state index is 0.134. The van der Waals surface area contributed by atoms with Gasteiger partial charge in [0.15, 0.2) is 0 Å². The van der Waals surface area contributed by atoms with Gasteiger partial charge in [-0.2, -0.15) is 11.8 Å². The summed E-state index contributed by atoms with van der Waals surface area (Å²) in [4.78, 5) is 11.8. The lowest BCUT2D eigenvalue weighted by Crippen LogP contribution is -2.44. The van der Waals surface area contributed by atoms with Gasteiger partial charge in [0.2, 0.25) is 5.91 Å². The van der Waals surface area contributed by atoms with Gasteiger partial charge in [0.25, 0.3) is 0 Å². The maximum Gasteiger partial charge on any atom is 0.234 e. The second-order valence-electron chi connectivity index (χ2n) is 5.20. The zero-order valence-corrected chi connectivity index (χ0v) is 11.9. The molecule has 2 unspecified atom stereocenters. The number of thioether (sulfide) groups is 1. The van der Waals surface area contributed by atoms with E-state index in [1.807, 2.05) is 11.8 Å². The summed E-state index contributed by atoms with van der Waals surface area (Å²) in [6.45, 7) is 2.01. The van der Waals surface area contributed by atoms with Gasteiger partial charge in [0.05, 0.1) is 6.54 Å². The second-order valence-corrected chi connectivity index (χ2v) is 6.34. The van der Waals surface area contributed by atoms with Gasteiger partial charge in [-0.25, -0.2) is 0 Å². The summed E-state index contributed by atoms with van der Waals surface area (Å²) in [6, 6.07) is 0.846. The van der Waals surface area contributed by atoms with E-state index in [9.17, 15) is 4.79 Å². The van der Waals surface area contributed by atoms with E-state index < -0.39 is 0 Å². The van der Waals surface area contributed by atoms with E-state index in [2.05, 4.69) is 16.9 Å².